The fourth-order valence-corrected chi connectivity index (χ4v) is 3.62. The Kier molecular flexibility index (Phi) is 4.17. The van der Waals surface area contributed by atoms with Crippen LogP contribution >= 0.6 is 11.6 Å². The second kappa shape index (κ2) is 5.55. The maximum atomic E-state index is 8.54. The zero-order valence-corrected chi connectivity index (χ0v) is 13.1. The highest BCUT2D eigenvalue weighted by Gasteiger charge is 2.39. The first-order chi connectivity index (χ1) is 9.40. The Bertz CT molecular complexity index is 553. The summed E-state index contributed by atoms with van der Waals surface area (Å²) in [6.45, 7) is 6.32. The topological polar surface area (TPSA) is 58.0 Å². The number of hydrogen-bond acceptors (Lipinski definition) is 2. The Labute approximate surface area is 124 Å². The molecule has 0 saturated carbocycles. The van der Waals surface area contributed by atoms with Gasteiger partial charge in [-0.3, -0.25) is 0 Å². The lowest BCUT2D eigenvalue weighted by molar-refractivity contribution is 0.277. The minimum Gasteiger partial charge on any atom is -0.495 e. The first-order valence-corrected chi connectivity index (χ1v) is 7.18. The zero-order valence-electron chi connectivity index (χ0n) is 12.4. The monoisotopic (exact) mass is 293 g/mol. The van der Waals surface area contributed by atoms with Crippen LogP contribution in [0.3, 0.4) is 0 Å². The van der Waals surface area contributed by atoms with E-state index in [0.717, 1.165) is 29.2 Å². The first-order valence-electron chi connectivity index (χ1n) is 6.80. The molecule has 20 heavy (non-hydrogen) atoms. The molecule has 108 valence electrons. The van der Waals surface area contributed by atoms with Gasteiger partial charge < -0.3 is 4.74 Å². The Morgan fingerprint density at radius 2 is 2.30 bits per heavy atom. The average molecular weight is 294 g/mol. The molecule has 2 rings (SSSR count). The SMILES string of the molecule is COC1=C(Cl)CC(C)(C)C2=C1C(C[C@H](C)N=[N+]=[N-])C=C2. The minimum atomic E-state index is -0.0524. The zero-order chi connectivity index (χ0) is 14.9. The second-order valence-electron chi connectivity index (χ2n) is 6.08. The molecule has 0 aromatic carbocycles. The highest BCUT2D eigenvalue weighted by Crippen LogP contribution is 2.51. The standard InChI is InChI=1S/C15H20ClN3O/c1-9(18-19-17)7-10-5-6-11-13(10)14(20-4)12(16)8-15(11,2)3/h5-6,9-10H,7-8H2,1-4H3/t9-,10?/m0/s1. The third-order valence-corrected chi connectivity index (χ3v) is 4.33. The van der Waals surface area contributed by atoms with Crippen LogP contribution in [0.1, 0.15) is 33.6 Å². The van der Waals surface area contributed by atoms with Crippen molar-refractivity contribution in [1.82, 2.24) is 0 Å². The fourth-order valence-electron chi connectivity index (χ4n) is 3.11. The van der Waals surface area contributed by atoms with E-state index in [-0.39, 0.29) is 17.4 Å². The minimum absolute atomic E-state index is 0.0153. The smallest absolute Gasteiger partial charge is 0.137 e. The van der Waals surface area contributed by atoms with Crippen molar-refractivity contribution in [1.29, 1.82) is 0 Å². The first kappa shape index (κ1) is 15.0. The largest absolute Gasteiger partial charge is 0.495 e. The number of allylic oxidation sites excluding steroid dienone is 5. The van der Waals surface area contributed by atoms with E-state index in [1.165, 1.54) is 5.57 Å². The van der Waals surface area contributed by atoms with Crippen LogP contribution < -0.4 is 0 Å². The summed E-state index contributed by atoms with van der Waals surface area (Å²) in [5.41, 5.74) is 11.0. The molecule has 0 aliphatic heterocycles. The molecule has 0 radical (unpaired) electrons. The lowest BCUT2D eigenvalue weighted by Crippen LogP contribution is -2.23. The maximum absolute atomic E-state index is 8.54. The number of nitrogens with zero attached hydrogens (tertiary/aromatic N) is 3. The molecule has 2 atom stereocenters. The van der Waals surface area contributed by atoms with Crippen molar-refractivity contribution < 1.29 is 4.74 Å². The summed E-state index contributed by atoms with van der Waals surface area (Å²) in [5.74, 6) is 0.998. The van der Waals surface area contributed by atoms with Crippen molar-refractivity contribution in [3.63, 3.8) is 0 Å². The van der Waals surface area contributed by atoms with E-state index in [1.54, 1.807) is 7.11 Å². The Hall–Kier alpha value is -1.38. The molecule has 4 nitrogen and oxygen atoms in total. The highest BCUT2D eigenvalue weighted by molar-refractivity contribution is 6.30. The lowest BCUT2D eigenvalue weighted by Gasteiger charge is -2.34. The van der Waals surface area contributed by atoms with Gasteiger partial charge in [0, 0.05) is 22.4 Å². The number of methoxy groups -OCH3 is 1. The van der Waals surface area contributed by atoms with Crippen LogP contribution in [0, 0.1) is 11.3 Å². The average Bonchev–Trinajstić information content (AvgIpc) is 2.74. The Morgan fingerprint density at radius 1 is 1.60 bits per heavy atom. The molecular formula is C15H20ClN3O. The molecule has 0 aromatic heterocycles. The third kappa shape index (κ3) is 2.58. The van der Waals surface area contributed by atoms with Crippen molar-refractivity contribution in [2.75, 3.05) is 7.11 Å². The summed E-state index contributed by atoms with van der Waals surface area (Å²) < 4.78 is 5.53. The Morgan fingerprint density at radius 3 is 2.90 bits per heavy atom. The van der Waals surface area contributed by atoms with Crippen LogP contribution in [-0.2, 0) is 4.74 Å². The van der Waals surface area contributed by atoms with E-state index < -0.39 is 0 Å². The third-order valence-electron chi connectivity index (χ3n) is 4.02. The van der Waals surface area contributed by atoms with Crippen LogP contribution in [0.25, 0.3) is 10.4 Å². The summed E-state index contributed by atoms with van der Waals surface area (Å²) in [6, 6.07) is -0.0524. The summed E-state index contributed by atoms with van der Waals surface area (Å²) >= 11 is 6.41. The predicted molar refractivity (Wildman–Crippen MR) is 81.2 cm³/mol. The van der Waals surface area contributed by atoms with Crippen molar-refractivity contribution in [3.05, 3.63) is 44.5 Å². The van der Waals surface area contributed by atoms with Gasteiger partial charge in [0.2, 0.25) is 0 Å². The van der Waals surface area contributed by atoms with E-state index in [0.29, 0.717) is 0 Å². The van der Waals surface area contributed by atoms with Gasteiger partial charge in [-0.2, -0.15) is 0 Å². The lowest BCUT2D eigenvalue weighted by atomic mass is 9.74. The van der Waals surface area contributed by atoms with Gasteiger partial charge in [-0.25, -0.2) is 0 Å². The molecule has 0 aromatic rings. The van der Waals surface area contributed by atoms with Gasteiger partial charge in [-0.15, -0.1) is 0 Å². The number of ether oxygens (including phenoxy) is 1. The molecule has 0 heterocycles. The van der Waals surface area contributed by atoms with E-state index >= 15 is 0 Å². The van der Waals surface area contributed by atoms with Gasteiger partial charge in [0.05, 0.1) is 12.1 Å². The van der Waals surface area contributed by atoms with Gasteiger partial charge >= 0.3 is 0 Å². The van der Waals surface area contributed by atoms with Gasteiger partial charge in [0.25, 0.3) is 0 Å². The van der Waals surface area contributed by atoms with Crippen LogP contribution in [0.2, 0.25) is 0 Å². The molecule has 0 spiro atoms. The normalized spacial score (nSPS) is 25.4. The van der Waals surface area contributed by atoms with Crippen molar-refractivity contribution in [3.8, 4) is 0 Å². The van der Waals surface area contributed by atoms with Crippen molar-refractivity contribution >= 4 is 11.6 Å². The summed E-state index contributed by atoms with van der Waals surface area (Å²) in [7, 11) is 1.66. The van der Waals surface area contributed by atoms with Gasteiger partial charge in [-0.1, -0.05) is 49.6 Å². The molecule has 0 N–H and O–H groups in total. The van der Waals surface area contributed by atoms with Crippen LogP contribution in [-0.4, -0.2) is 13.2 Å². The van der Waals surface area contributed by atoms with Gasteiger partial charge in [0.1, 0.15) is 5.76 Å². The summed E-state index contributed by atoms with van der Waals surface area (Å²) in [6.07, 6.45) is 5.90. The number of hydrogen-bond donors (Lipinski definition) is 0. The predicted octanol–water partition coefficient (Wildman–Crippen LogP) is 5.08. The molecule has 0 saturated heterocycles. The maximum Gasteiger partial charge on any atom is 0.137 e. The molecule has 2 aliphatic carbocycles. The second-order valence-corrected chi connectivity index (χ2v) is 6.54. The number of azide groups is 1. The Balaban J connectivity index is 2.38. The van der Waals surface area contributed by atoms with Crippen molar-refractivity contribution in [2.45, 2.75) is 39.7 Å². The van der Waals surface area contributed by atoms with Crippen molar-refractivity contribution in [2.24, 2.45) is 16.4 Å². The quantitative estimate of drug-likeness (QED) is 0.405. The van der Waals surface area contributed by atoms with E-state index in [2.05, 4.69) is 36.0 Å². The van der Waals surface area contributed by atoms with E-state index in [9.17, 15) is 0 Å². The summed E-state index contributed by atoms with van der Waals surface area (Å²) in [5, 5.41) is 4.55. The van der Waals surface area contributed by atoms with Gasteiger partial charge in [0.15, 0.2) is 0 Å². The van der Waals surface area contributed by atoms with Crippen LogP contribution in [0.15, 0.2) is 39.2 Å². The number of halogens is 1. The fraction of sp³-hybridized carbons (Fsp3) is 0.600. The molecule has 0 bridgehead atoms. The molecular weight excluding hydrogens is 274 g/mol. The van der Waals surface area contributed by atoms with Gasteiger partial charge in [-0.05, 0) is 29.4 Å². The molecule has 0 amide bonds. The number of rotatable bonds is 4. The van der Waals surface area contributed by atoms with E-state index in [1.807, 2.05) is 6.92 Å². The molecule has 1 unspecified atom stereocenters. The molecule has 2 aliphatic rings. The molecule has 5 heteroatoms. The highest BCUT2D eigenvalue weighted by atomic mass is 35.5. The molecule has 0 fully saturated rings. The van der Waals surface area contributed by atoms with Crippen LogP contribution in [0.5, 0.6) is 0 Å². The summed E-state index contributed by atoms with van der Waals surface area (Å²) in [4.78, 5) is 2.88. The van der Waals surface area contributed by atoms with Crippen LogP contribution in [0.4, 0.5) is 0 Å². The van der Waals surface area contributed by atoms with E-state index in [4.69, 9.17) is 21.9 Å².